The summed E-state index contributed by atoms with van der Waals surface area (Å²) in [6, 6.07) is 1.78. The van der Waals surface area contributed by atoms with Crippen LogP contribution >= 0.6 is 0 Å². The lowest BCUT2D eigenvalue weighted by Crippen LogP contribution is -2.22. The number of hydrogen-bond acceptors (Lipinski definition) is 6. The summed E-state index contributed by atoms with van der Waals surface area (Å²) in [6.45, 7) is 0.738. The van der Waals surface area contributed by atoms with Gasteiger partial charge in [0.1, 0.15) is 5.82 Å². The number of nitrogen functional groups attached to an aromatic ring is 1. The Morgan fingerprint density at radius 3 is 3.06 bits per heavy atom. The topological polar surface area (TPSA) is 96.1 Å². The molecule has 16 heavy (non-hydrogen) atoms. The maximum absolute atomic E-state index is 9.66. The van der Waals surface area contributed by atoms with Crippen molar-refractivity contribution in [2.75, 3.05) is 17.3 Å². The van der Waals surface area contributed by atoms with Gasteiger partial charge in [-0.2, -0.15) is 4.98 Å². The fraction of sp³-hybridized carbons (Fsp3) is 0.600. The number of nitrogens with zero attached hydrogens (tertiary/aromatic N) is 2. The molecule has 1 aliphatic rings. The molecule has 0 amide bonds. The summed E-state index contributed by atoms with van der Waals surface area (Å²) in [5, 5.41) is 12.8. The van der Waals surface area contributed by atoms with E-state index in [0.29, 0.717) is 11.9 Å². The third kappa shape index (κ3) is 2.59. The van der Waals surface area contributed by atoms with Gasteiger partial charge < -0.3 is 10.4 Å². The van der Waals surface area contributed by atoms with Gasteiger partial charge in [-0.1, -0.05) is 6.42 Å². The molecular formula is C10H17N5O. The fourth-order valence-electron chi connectivity index (χ4n) is 2.02. The molecule has 0 spiro atoms. The first-order chi connectivity index (χ1) is 7.79. The van der Waals surface area contributed by atoms with Crippen LogP contribution in [0.15, 0.2) is 12.3 Å². The van der Waals surface area contributed by atoms with Crippen LogP contribution in [0.1, 0.15) is 19.3 Å². The lowest BCUT2D eigenvalue weighted by Gasteiger charge is -2.15. The Balaban J connectivity index is 1.88. The Hall–Kier alpha value is -1.40. The molecule has 2 unspecified atom stereocenters. The molecule has 1 aromatic rings. The van der Waals surface area contributed by atoms with Gasteiger partial charge in [-0.25, -0.2) is 10.8 Å². The molecule has 0 radical (unpaired) electrons. The fourth-order valence-corrected chi connectivity index (χ4v) is 2.02. The van der Waals surface area contributed by atoms with Gasteiger partial charge in [-0.3, -0.25) is 5.43 Å². The normalized spacial score (nSPS) is 24.4. The van der Waals surface area contributed by atoms with Crippen molar-refractivity contribution in [1.29, 1.82) is 0 Å². The van der Waals surface area contributed by atoms with Crippen LogP contribution in [-0.2, 0) is 0 Å². The molecule has 1 aromatic heterocycles. The Morgan fingerprint density at radius 1 is 1.50 bits per heavy atom. The molecule has 0 saturated heterocycles. The third-order valence-electron chi connectivity index (χ3n) is 2.95. The van der Waals surface area contributed by atoms with Gasteiger partial charge in [-0.05, 0) is 18.9 Å². The highest BCUT2D eigenvalue weighted by atomic mass is 16.3. The number of aliphatic hydroxyl groups is 1. The van der Waals surface area contributed by atoms with E-state index in [1.54, 1.807) is 12.3 Å². The number of anilines is 2. The monoisotopic (exact) mass is 223 g/mol. The summed E-state index contributed by atoms with van der Waals surface area (Å²) in [7, 11) is 0. The van der Waals surface area contributed by atoms with Crippen molar-refractivity contribution in [3.63, 3.8) is 0 Å². The highest BCUT2D eigenvalue weighted by Crippen LogP contribution is 2.25. The van der Waals surface area contributed by atoms with Crippen molar-refractivity contribution in [3.05, 3.63) is 12.3 Å². The second kappa shape index (κ2) is 5.09. The largest absolute Gasteiger partial charge is 0.393 e. The van der Waals surface area contributed by atoms with Crippen LogP contribution in [0.3, 0.4) is 0 Å². The van der Waals surface area contributed by atoms with E-state index >= 15 is 0 Å². The number of rotatable bonds is 4. The molecule has 6 heteroatoms. The van der Waals surface area contributed by atoms with Crippen LogP contribution in [-0.4, -0.2) is 27.7 Å². The smallest absolute Gasteiger partial charge is 0.239 e. The number of nitrogens with one attached hydrogen (secondary N) is 2. The molecule has 0 aliphatic heterocycles. The minimum Gasteiger partial charge on any atom is -0.393 e. The molecule has 1 aliphatic carbocycles. The SMILES string of the molecule is NNc1nccc(NCC2CCCC2O)n1. The molecule has 5 N–H and O–H groups in total. The average molecular weight is 223 g/mol. The molecule has 0 bridgehead atoms. The van der Waals surface area contributed by atoms with E-state index < -0.39 is 0 Å². The van der Waals surface area contributed by atoms with Crippen molar-refractivity contribution in [1.82, 2.24) is 9.97 Å². The summed E-state index contributed by atoms with van der Waals surface area (Å²) in [5.41, 5.74) is 2.39. The van der Waals surface area contributed by atoms with E-state index in [2.05, 4.69) is 20.7 Å². The summed E-state index contributed by atoms with van der Waals surface area (Å²) in [6.07, 6.45) is 4.54. The van der Waals surface area contributed by atoms with Crippen molar-refractivity contribution in [2.24, 2.45) is 11.8 Å². The van der Waals surface area contributed by atoms with E-state index in [1.807, 2.05) is 0 Å². The highest BCUT2D eigenvalue weighted by molar-refractivity contribution is 5.38. The molecule has 1 saturated carbocycles. The van der Waals surface area contributed by atoms with Gasteiger partial charge in [0.05, 0.1) is 6.10 Å². The molecule has 2 rings (SSSR count). The maximum Gasteiger partial charge on any atom is 0.239 e. The van der Waals surface area contributed by atoms with Crippen LogP contribution in [0.2, 0.25) is 0 Å². The molecule has 6 nitrogen and oxygen atoms in total. The first-order valence-electron chi connectivity index (χ1n) is 5.51. The van der Waals surface area contributed by atoms with E-state index in [1.165, 1.54) is 0 Å². The van der Waals surface area contributed by atoms with Crippen LogP contribution in [0.25, 0.3) is 0 Å². The summed E-state index contributed by atoms with van der Waals surface area (Å²) >= 11 is 0. The van der Waals surface area contributed by atoms with Gasteiger partial charge >= 0.3 is 0 Å². The van der Waals surface area contributed by atoms with Crippen molar-refractivity contribution in [2.45, 2.75) is 25.4 Å². The lowest BCUT2D eigenvalue weighted by molar-refractivity contribution is 0.138. The number of hydrogen-bond donors (Lipinski definition) is 4. The van der Waals surface area contributed by atoms with Crippen LogP contribution in [0.5, 0.6) is 0 Å². The van der Waals surface area contributed by atoms with E-state index in [-0.39, 0.29) is 6.10 Å². The second-order valence-electron chi connectivity index (χ2n) is 4.05. The minimum absolute atomic E-state index is 0.179. The summed E-state index contributed by atoms with van der Waals surface area (Å²) < 4.78 is 0. The van der Waals surface area contributed by atoms with Gasteiger partial charge in [0.2, 0.25) is 5.95 Å². The third-order valence-corrected chi connectivity index (χ3v) is 2.95. The first-order valence-corrected chi connectivity index (χ1v) is 5.51. The first kappa shape index (κ1) is 11.1. The number of nitrogens with two attached hydrogens (primary N) is 1. The van der Waals surface area contributed by atoms with Gasteiger partial charge in [0.25, 0.3) is 0 Å². The lowest BCUT2D eigenvalue weighted by atomic mass is 10.1. The Kier molecular flexibility index (Phi) is 3.53. The average Bonchev–Trinajstić information content (AvgIpc) is 2.72. The summed E-state index contributed by atoms with van der Waals surface area (Å²) in [4.78, 5) is 8.05. The predicted molar refractivity (Wildman–Crippen MR) is 61.7 cm³/mol. The van der Waals surface area contributed by atoms with Crippen LogP contribution in [0, 0.1) is 5.92 Å². The standard InChI is InChI=1S/C10H17N5O/c11-15-10-12-5-4-9(14-10)13-6-7-2-1-3-8(7)16/h4-5,7-8,16H,1-3,6,11H2,(H2,12,13,14,15). The summed E-state index contributed by atoms with van der Waals surface area (Å²) in [5.74, 6) is 6.65. The number of aliphatic hydroxyl groups excluding tert-OH is 1. The Bertz CT molecular complexity index is 346. The quantitative estimate of drug-likeness (QED) is 0.434. The molecule has 88 valence electrons. The van der Waals surface area contributed by atoms with Gasteiger partial charge in [-0.15, -0.1) is 0 Å². The molecule has 2 atom stereocenters. The van der Waals surface area contributed by atoms with Crippen molar-refractivity contribution >= 4 is 11.8 Å². The minimum atomic E-state index is -0.179. The predicted octanol–water partition coefficient (Wildman–Crippen LogP) is 0.335. The van der Waals surface area contributed by atoms with Crippen LogP contribution in [0.4, 0.5) is 11.8 Å². The maximum atomic E-state index is 9.66. The Labute approximate surface area is 94.3 Å². The molecule has 1 fully saturated rings. The molecule has 1 heterocycles. The second-order valence-corrected chi connectivity index (χ2v) is 4.05. The number of hydrazine groups is 1. The highest BCUT2D eigenvalue weighted by Gasteiger charge is 2.24. The van der Waals surface area contributed by atoms with Crippen molar-refractivity contribution < 1.29 is 5.11 Å². The molecular weight excluding hydrogens is 206 g/mol. The Morgan fingerprint density at radius 2 is 2.38 bits per heavy atom. The van der Waals surface area contributed by atoms with Crippen LogP contribution < -0.4 is 16.6 Å². The number of aromatic nitrogens is 2. The zero-order chi connectivity index (χ0) is 11.4. The molecule has 0 aromatic carbocycles. The zero-order valence-corrected chi connectivity index (χ0v) is 9.06. The van der Waals surface area contributed by atoms with Crippen molar-refractivity contribution in [3.8, 4) is 0 Å². The van der Waals surface area contributed by atoms with E-state index in [9.17, 15) is 5.11 Å². The zero-order valence-electron chi connectivity index (χ0n) is 9.06. The van der Waals surface area contributed by atoms with Gasteiger partial charge in [0, 0.05) is 18.7 Å². The van der Waals surface area contributed by atoms with E-state index in [0.717, 1.165) is 31.6 Å². The van der Waals surface area contributed by atoms with E-state index in [4.69, 9.17) is 5.84 Å². The van der Waals surface area contributed by atoms with Gasteiger partial charge in [0.15, 0.2) is 0 Å².